The van der Waals surface area contributed by atoms with E-state index in [2.05, 4.69) is 5.32 Å². The first kappa shape index (κ1) is 19.3. The molecule has 10 heteroatoms. The summed E-state index contributed by atoms with van der Waals surface area (Å²) in [4.78, 5) is 37.1. The zero-order chi connectivity index (χ0) is 19.3. The number of hydrogen-bond donors (Lipinski definition) is 4. The number of urea groups is 1. The molecule has 1 fully saturated rings. The van der Waals surface area contributed by atoms with E-state index in [-0.39, 0.29) is 6.54 Å². The summed E-state index contributed by atoms with van der Waals surface area (Å²) in [5.41, 5.74) is 6.05. The summed E-state index contributed by atoms with van der Waals surface area (Å²) in [6.07, 6.45) is -1.24. The first-order valence-electron chi connectivity index (χ1n) is 7.98. The highest BCUT2D eigenvalue weighted by Crippen LogP contribution is 2.30. The highest BCUT2D eigenvalue weighted by atomic mass is 16.5. The smallest absolute Gasteiger partial charge is 0.321 e. The summed E-state index contributed by atoms with van der Waals surface area (Å²) < 4.78 is 5.35. The molecule has 1 aromatic rings. The molecule has 26 heavy (non-hydrogen) atoms. The minimum atomic E-state index is -1.32. The topological polar surface area (TPSA) is 145 Å². The largest absolute Gasteiger partial charge is 0.495 e. The SMILES string of the molecule is COc1ccccc1N1CCN(C(N)=O)CC1N[C@@H](CC(=O)O)C(=O)O. The average molecular weight is 366 g/mol. The molecule has 142 valence electrons. The number of nitrogens with one attached hydrogen (secondary N) is 1. The zero-order valence-corrected chi connectivity index (χ0v) is 14.3. The predicted octanol–water partition coefficient (Wildman–Crippen LogP) is -0.260. The third-order valence-corrected chi connectivity index (χ3v) is 4.16. The Hall–Kier alpha value is -3.01. The Kier molecular flexibility index (Phi) is 6.23. The molecule has 1 saturated heterocycles. The van der Waals surface area contributed by atoms with Gasteiger partial charge in [0.05, 0.1) is 31.9 Å². The van der Waals surface area contributed by atoms with Crippen LogP contribution in [0.25, 0.3) is 0 Å². The quantitative estimate of drug-likeness (QED) is 0.516. The van der Waals surface area contributed by atoms with Gasteiger partial charge in [-0.15, -0.1) is 0 Å². The van der Waals surface area contributed by atoms with Gasteiger partial charge in [0.25, 0.3) is 0 Å². The highest BCUT2D eigenvalue weighted by Gasteiger charge is 2.34. The number of carboxylic acids is 2. The molecule has 1 unspecified atom stereocenters. The van der Waals surface area contributed by atoms with Gasteiger partial charge in [0.1, 0.15) is 11.8 Å². The van der Waals surface area contributed by atoms with Crippen LogP contribution < -0.4 is 20.7 Å². The van der Waals surface area contributed by atoms with Crippen LogP contribution >= 0.6 is 0 Å². The van der Waals surface area contributed by atoms with E-state index in [0.717, 1.165) is 0 Å². The first-order valence-corrected chi connectivity index (χ1v) is 7.98. The van der Waals surface area contributed by atoms with E-state index < -0.39 is 36.6 Å². The molecule has 2 atom stereocenters. The maximum absolute atomic E-state index is 11.5. The van der Waals surface area contributed by atoms with E-state index in [1.165, 1.54) is 12.0 Å². The van der Waals surface area contributed by atoms with Gasteiger partial charge in [-0.2, -0.15) is 0 Å². The summed E-state index contributed by atoms with van der Waals surface area (Å²) >= 11 is 0. The number of piperazine rings is 1. The predicted molar refractivity (Wildman–Crippen MR) is 92.1 cm³/mol. The molecule has 0 aliphatic carbocycles. The fourth-order valence-electron chi connectivity index (χ4n) is 2.91. The van der Waals surface area contributed by atoms with Crippen LogP contribution in [0.5, 0.6) is 5.75 Å². The van der Waals surface area contributed by atoms with Crippen molar-refractivity contribution in [2.24, 2.45) is 5.73 Å². The number of nitrogens with zero attached hydrogens (tertiary/aromatic N) is 2. The monoisotopic (exact) mass is 366 g/mol. The van der Waals surface area contributed by atoms with Gasteiger partial charge in [-0.1, -0.05) is 12.1 Å². The van der Waals surface area contributed by atoms with E-state index in [9.17, 15) is 19.5 Å². The molecule has 2 amide bonds. The number of hydrogen-bond acceptors (Lipinski definition) is 6. The van der Waals surface area contributed by atoms with E-state index >= 15 is 0 Å². The van der Waals surface area contributed by atoms with Crippen LogP contribution in [0.4, 0.5) is 10.5 Å². The number of amides is 2. The molecule has 2 rings (SSSR count). The second-order valence-corrected chi connectivity index (χ2v) is 5.82. The normalized spacial score (nSPS) is 18.3. The highest BCUT2D eigenvalue weighted by molar-refractivity contribution is 5.80. The lowest BCUT2D eigenvalue weighted by atomic mass is 10.1. The van der Waals surface area contributed by atoms with Crippen LogP contribution in [0.3, 0.4) is 0 Å². The molecular weight excluding hydrogens is 344 g/mol. The Labute approximate surface area is 150 Å². The summed E-state index contributed by atoms with van der Waals surface area (Å²) in [7, 11) is 1.52. The van der Waals surface area contributed by atoms with Gasteiger partial charge >= 0.3 is 18.0 Å². The number of rotatable bonds is 7. The third kappa shape index (κ3) is 4.54. The summed E-state index contributed by atoms with van der Waals surface area (Å²) in [5.74, 6) is -1.95. The first-order chi connectivity index (χ1) is 12.3. The van der Waals surface area contributed by atoms with Crippen LogP contribution in [-0.2, 0) is 9.59 Å². The number of aliphatic carboxylic acids is 2. The number of primary amides is 1. The molecule has 1 aliphatic rings. The molecule has 1 heterocycles. The minimum absolute atomic E-state index is 0.108. The van der Waals surface area contributed by atoms with Crippen molar-refractivity contribution in [2.75, 3.05) is 31.6 Å². The van der Waals surface area contributed by atoms with Crippen LogP contribution in [-0.4, -0.2) is 72.0 Å². The van der Waals surface area contributed by atoms with E-state index in [1.54, 1.807) is 24.3 Å². The zero-order valence-electron chi connectivity index (χ0n) is 14.3. The molecule has 0 radical (unpaired) electrons. The van der Waals surface area contributed by atoms with Gasteiger partial charge in [0, 0.05) is 13.1 Å². The summed E-state index contributed by atoms with van der Waals surface area (Å²) in [5, 5.41) is 21.1. The summed E-state index contributed by atoms with van der Waals surface area (Å²) in [6.45, 7) is 0.833. The van der Waals surface area contributed by atoms with Gasteiger partial charge in [-0.05, 0) is 12.1 Å². The van der Waals surface area contributed by atoms with E-state index in [0.29, 0.717) is 24.5 Å². The maximum atomic E-state index is 11.5. The van der Waals surface area contributed by atoms with Gasteiger partial charge in [0.15, 0.2) is 0 Å². The number of carbonyl (C=O) groups is 3. The number of ether oxygens (including phenoxy) is 1. The van der Waals surface area contributed by atoms with Crippen LogP contribution in [0.1, 0.15) is 6.42 Å². The maximum Gasteiger partial charge on any atom is 0.321 e. The second-order valence-electron chi connectivity index (χ2n) is 5.82. The fraction of sp³-hybridized carbons (Fsp3) is 0.438. The molecule has 0 saturated carbocycles. The Balaban J connectivity index is 2.31. The molecule has 5 N–H and O–H groups in total. The van der Waals surface area contributed by atoms with E-state index in [1.807, 2.05) is 4.90 Å². The lowest BCUT2D eigenvalue weighted by Gasteiger charge is -2.43. The average Bonchev–Trinajstić information content (AvgIpc) is 2.60. The van der Waals surface area contributed by atoms with Gasteiger partial charge in [-0.25, -0.2) is 4.79 Å². The number of carbonyl (C=O) groups excluding carboxylic acids is 1. The molecule has 0 aromatic heterocycles. The standard InChI is InChI=1S/C16H22N4O6/c1-26-12-5-3-2-4-11(12)20-7-6-19(16(17)25)9-13(20)18-10(15(23)24)8-14(21)22/h2-5,10,13,18H,6-9H2,1H3,(H2,17,25)(H,21,22)(H,23,24)/t10-,13?/m0/s1. The van der Waals surface area contributed by atoms with Crippen molar-refractivity contribution in [1.82, 2.24) is 10.2 Å². The van der Waals surface area contributed by atoms with E-state index in [4.69, 9.17) is 15.6 Å². The Bertz CT molecular complexity index is 682. The number of benzene rings is 1. The second kappa shape index (κ2) is 8.39. The number of anilines is 1. The fourth-order valence-corrected chi connectivity index (χ4v) is 2.91. The van der Waals surface area contributed by atoms with Crippen molar-refractivity contribution in [2.45, 2.75) is 18.6 Å². The molecule has 10 nitrogen and oxygen atoms in total. The Morgan fingerprint density at radius 2 is 2.00 bits per heavy atom. The van der Waals surface area contributed by atoms with Crippen molar-refractivity contribution in [1.29, 1.82) is 0 Å². The number of nitrogens with two attached hydrogens (primary N) is 1. The van der Waals surface area contributed by atoms with Crippen molar-refractivity contribution in [3.8, 4) is 5.75 Å². The molecule has 0 bridgehead atoms. The minimum Gasteiger partial charge on any atom is -0.495 e. The number of para-hydroxylation sites is 2. The van der Waals surface area contributed by atoms with Crippen molar-refractivity contribution in [3.63, 3.8) is 0 Å². The van der Waals surface area contributed by atoms with Crippen LogP contribution in [0, 0.1) is 0 Å². The molecule has 1 aromatic carbocycles. The lowest BCUT2D eigenvalue weighted by molar-refractivity contribution is -0.146. The van der Waals surface area contributed by atoms with Crippen LogP contribution in [0.2, 0.25) is 0 Å². The number of carboxylic acid groups (broad SMARTS) is 2. The Morgan fingerprint density at radius 1 is 1.31 bits per heavy atom. The van der Waals surface area contributed by atoms with Crippen molar-refractivity contribution in [3.05, 3.63) is 24.3 Å². The molecule has 0 spiro atoms. The van der Waals surface area contributed by atoms with Gasteiger partial charge in [0.2, 0.25) is 0 Å². The molecule has 1 aliphatic heterocycles. The van der Waals surface area contributed by atoms with Crippen molar-refractivity contribution < 1.29 is 29.3 Å². The lowest BCUT2D eigenvalue weighted by Crippen LogP contribution is -2.64. The molecular formula is C16H22N4O6. The number of methoxy groups -OCH3 is 1. The van der Waals surface area contributed by atoms with Crippen molar-refractivity contribution >= 4 is 23.7 Å². The Morgan fingerprint density at radius 3 is 2.58 bits per heavy atom. The van der Waals surface area contributed by atoms with Gasteiger partial charge < -0.3 is 30.5 Å². The summed E-state index contributed by atoms with van der Waals surface area (Å²) in [6, 6.07) is 5.24. The third-order valence-electron chi connectivity index (χ3n) is 4.16. The van der Waals surface area contributed by atoms with Crippen LogP contribution in [0.15, 0.2) is 24.3 Å². The van der Waals surface area contributed by atoms with Gasteiger partial charge in [-0.3, -0.25) is 14.9 Å².